The lowest BCUT2D eigenvalue weighted by molar-refractivity contribution is 0.0991. The van der Waals surface area contributed by atoms with Gasteiger partial charge < -0.3 is 5.11 Å². The van der Waals surface area contributed by atoms with Crippen LogP contribution in [0, 0.1) is 0 Å². The molecule has 0 radical (unpaired) electrons. The molecule has 80 valence electrons. The fraction of sp³-hybridized carbons (Fsp3) is 0.818. The lowest BCUT2D eigenvalue weighted by atomic mass is 9.87. The second-order valence-corrected chi connectivity index (χ2v) is 4.55. The summed E-state index contributed by atoms with van der Waals surface area (Å²) < 4.78 is -0.113. The van der Waals surface area contributed by atoms with Crippen molar-refractivity contribution in [1.82, 2.24) is 0 Å². The Balaban J connectivity index is 0. The van der Waals surface area contributed by atoms with Gasteiger partial charge in [0.15, 0.2) is 0 Å². The average Bonchev–Trinajstić information content (AvgIpc) is 1.97. The minimum Gasteiger partial charge on any atom is -0.392 e. The third kappa shape index (κ3) is 6.17. The summed E-state index contributed by atoms with van der Waals surface area (Å²) in [5.41, 5.74) is 0. The summed E-state index contributed by atoms with van der Waals surface area (Å²) in [6, 6.07) is 0. The molecule has 0 aliphatic heterocycles. The van der Waals surface area contributed by atoms with Crippen LogP contribution in [0.3, 0.4) is 0 Å². The molecule has 0 saturated heterocycles. The SMILES string of the molecule is C.C=CC.C[C@@]1(S)CCCCC1O. The van der Waals surface area contributed by atoms with Gasteiger partial charge in [0.25, 0.3) is 0 Å². The summed E-state index contributed by atoms with van der Waals surface area (Å²) >= 11 is 4.36. The molecule has 2 heteroatoms. The maximum atomic E-state index is 9.36. The number of hydrogen-bond donors (Lipinski definition) is 2. The van der Waals surface area contributed by atoms with Gasteiger partial charge in [-0.3, -0.25) is 0 Å². The van der Waals surface area contributed by atoms with Crippen molar-refractivity contribution in [1.29, 1.82) is 0 Å². The average molecular weight is 204 g/mol. The van der Waals surface area contributed by atoms with Crippen molar-refractivity contribution >= 4 is 12.6 Å². The van der Waals surface area contributed by atoms with Gasteiger partial charge in [0.05, 0.1) is 6.10 Å². The highest BCUT2D eigenvalue weighted by Gasteiger charge is 2.31. The summed E-state index contributed by atoms with van der Waals surface area (Å²) in [5, 5.41) is 9.36. The third-order valence-electron chi connectivity index (χ3n) is 2.13. The van der Waals surface area contributed by atoms with Gasteiger partial charge in [-0.2, -0.15) is 12.6 Å². The number of aliphatic hydroxyl groups excluding tert-OH is 1. The lowest BCUT2D eigenvalue weighted by Gasteiger charge is -2.33. The van der Waals surface area contributed by atoms with Crippen molar-refractivity contribution in [3.8, 4) is 0 Å². The Bertz CT molecular complexity index is 132. The van der Waals surface area contributed by atoms with Crippen LogP contribution in [0.25, 0.3) is 0 Å². The van der Waals surface area contributed by atoms with Crippen molar-refractivity contribution in [3.63, 3.8) is 0 Å². The van der Waals surface area contributed by atoms with E-state index in [1.807, 2.05) is 13.8 Å². The van der Waals surface area contributed by atoms with Crippen LogP contribution in [-0.2, 0) is 0 Å². The Morgan fingerprint density at radius 1 is 1.54 bits per heavy atom. The molecule has 1 aliphatic carbocycles. The molecule has 2 atom stereocenters. The highest BCUT2D eigenvalue weighted by atomic mass is 32.1. The zero-order valence-electron chi connectivity index (χ0n) is 8.08. The molecule has 1 nitrogen and oxygen atoms in total. The van der Waals surface area contributed by atoms with Crippen LogP contribution in [-0.4, -0.2) is 16.0 Å². The van der Waals surface area contributed by atoms with E-state index < -0.39 is 0 Å². The molecule has 0 spiro atoms. The zero-order chi connectivity index (χ0) is 9.61. The highest BCUT2D eigenvalue weighted by molar-refractivity contribution is 7.81. The molecule has 0 bridgehead atoms. The smallest absolute Gasteiger partial charge is 0.0681 e. The molecule has 1 fully saturated rings. The number of rotatable bonds is 0. The summed E-state index contributed by atoms with van der Waals surface area (Å²) in [6.07, 6.45) is 5.93. The van der Waals surface area contributed by atoms with Crippen molar-refractivity contribution < 1.29 is 5.11 Å². The van der Waals surface area contributed by atoms with E-state index in [-0.39, 0.29) is 18.3 Å². The van der Waals surface area contributed by atoms with Gasteiger partial charge in [0.1, 0.15) is 0 Å². The van der Waals surface area contributed by atoms with E-state index in [2.05, 4.69) is 19.2 Å². The van der Waals surface area contributed by atoms with E-state index in [9.17, 15) is 5.11 Å². The van der Waals surface area contributed by atoms with Crippen LogP contribution in [0.5, 0.6) is 0 Å². The normalized spacial score (nSPS) is 32.2. The molecule has 0 aromatic heterocycles. The van der Waals surface area contributed by atoms with Gasteiger partial charge in [0.2, 0.25) is 0 Å². The van der Waals surface area contributed by atoms with E-state index in [0.717, 1.165) is 19.3 Å². The Labute approximate surface area is 88.7 Å². The highest BCUT2D eigenvalue weighted by Crippen LogP contribution is 2.32. The number of hydrogen-bond acceptors (Lipinski definition) is 2. The predicted molar refractivity (Wildman–Crippen MR) is 64.5 cm³/mol. The van der Waals surface area contributed by atoms with Crippen LogP contribution >= 0.6 is 12.6 Å². The Morgan fingerprint density at radius 3 is 2.23 bits per heavy atom. The first-order valence-corrected chi connectivity index (χ1v) is 4.97. The molecular weight excluding hydrogens is 180 g/mol. The van der Waals surface area contributed by atoms with E-state index in [1.54, 1.807) is 6.08 Å². The van der Waals surface area contributed by atoms with E-state index in [4.69, 9.17) is 0 Å². The second kappa shape index (κ2) is 7.45. The second-order valence-electron chi connectivity index (χ2n) is 3.53. The van der Waals surface area contributed by atoms with Gasteiger partial charge in [-0.1, -0.05) is 26.3 Å². The van der Waals surface area contributed by atoms with E-state index >= 15 is 0 Å². The van der Waals surface area contributed by atoms with E-state index in [0.29, 0.717) is 0 Å². The number of thiol groups is 1. The molecular formula is C11H24OS. The Hall–Kier alpha value is 0.0500. The molecule has 1 aliphatic rings. The monoisotopic (exact) mass is 204 g/mol. The first-order chi connectivity index (χ1) is 5.54. The molecule has 1 saturated carbocycles. The Morgan fingerprint density at radius 2 is 2.00 bits per heavy atom. The fourth-order valence-corrected chi connectivity index (χ4v) is 1.59. The number of allylic oxidation sites excluding steroid dienone is 1. The summed E-state index contributed by atoms with van der Waals surface area (Å²) in [5.74, 6) is 0. The maximum absolute atomic E-state index is 9.36. The largest absolute Gasteiger partial charge is 0.392 e. The van der Waals surface area contributed by atoms with Crippen molar-refractivity contribution in [3.05, 3.63) is 12.7 Å². The fourth-order valence-electron chi connectivity index (χ4n) is 1.30. The standard InChI is InChI=1S/C7H14OS.C3H6.CH4/c1-7(9)5-3-2-4-6(7)8;1-3-2;/h6,8-9H,2-5H2,1H3;3H,1H2,2H3;1H4/t6?,7-;;/m1../s1. The van der Waals surface area contributed by atoms with Gasteiger partial charge in [-0.25, -0.2) is 0 Å². The maximum Gasteiger partial charge on any atom is 0.0681 e. The van der Waals surface area contributed by atoms with Crippen molar-refractivity contribution in [2.45, 2.75) is 57.8 Å². The van der Waals surface area contributed by atoms with Crippen LogP contribution in [0.15, 0.2) is 12.7 Å². The molecule has 1 N–H and O–H groups in total. The topological polar surface area (TPSA) is 20.2 Å². The lowest BCUT2D eigenvalue weighted by Crippen LogP contribution is -2.36. The van der Waals surface area contributed by atoms with Gasteiger partial charge in [-0.05, 0) is 26.7 Å². The van der Waals surface area contributed by atoms with Crippen LogP contribution in [0.2, 0.25) is 0 Å². The number of aliphatic hydroxyl groups is 1. The zero-order valence-corrected chi connectivity index (χ0v) is 8.98. The molecule has 0 aromatic rings. The quantitative estimate of drug-likeness (QED) is 0.457. The minimum atomic E-state index is -0.186. The molecule has 13 heavy (non-hydrogen) atoms. The van der Waals surface area contributed by atoms with Crippen LogP contribution in [0.4, 0.5) is 0 Å². The molecule has 1 unspecified atom stereocenters. The minimum absolute atomic E-state index is 0. The van der Waals surface area contributed by atoms with Gasteiger partial charge >= 0.3 is 0 Å². The Kier molecular flexibility index (Phi) is 8.90. The summed E-state index contributed by atoms with van der Waals surface area (Å²) in [7, 11) is 0. The van der Waals surface area contributed by atoms with Crippen LogP contribution in [0.1, 0.15) is 47.0 Å². The summed E-state index contributed by atoms with van der Waals surface area (Å²) in [6.45, 7) is 7.26. The van der Waals surface area contributed by atoms with Gasteiger partial charge in [-0.15, -0.1) is 6.58 Å². The molecule has 0 heterocycles. The van der Waals surface area contributed by atoms with Crippen molar-refractivity contribution in [2.24, 2.45) is 0 Å². The first-order valence-electron chi connectivity index (χ1n) is 4.52. The first kappa shape index (κ1) is 15.5. The van der Waals surface area contributed by atoms with Crippen LogP contribution < -0.4 is 0 Å². The van der Waals surface area contributed by atoms with Gasteiger partial charge in [0, 0.05) is 4.75 Å². The summed E-state index contributed by atoms with van der Waals surface area (Å²) in [4.78, 5) is 0. The third-order valence-corrected chi connectivity index (χ3v) is 2.65. The molecule has 0 aromatic carbocycles. The van der Waals surface area contributed by atoms with E-state index in [1.165, 1.54) is 6.42 Å². The molecule has 0 amide bonds. The van der Waals surface area contributed by atoms with Crippen molar-refractivity contribution in [2.75, 3.05) is 0 Å². The predicted octanol–water partition coefficient (Wildman–Crippen LogP) is 3.44. The molecule has 1 rings (SSSR count).